The molecule has 1 N–H and O–H groups in total. The first-order valence-corrected chi connectivity index (χ1v) is 8.37. The van der Waals surface area contributed by atoms with E-state index in [2.05, 4.69) is 30.5 Å². The van der Waals surface area contributed by atoms with Gasteiger partial charge >= 0.3 is 0 Å². The first kappa shape index (κ1) is 15.1. The van der Waals surface area contributed by atoms with Gasteiger partial charge < -0.3 is 10.2 Å². The van der Waals surface area contributed by atoms with Crippen molar-refractivity contribution in [1.29, 1.82) is 0 Å². The number of hydrogen-bond donors (Lipinski definition) is 1. The predicted octanol–water partition coefficient (Wildman–Crippen LogP) is 3.71. The third-order valence-electron chi connectivity index (χ3n) is 4.19. The molecule has 124 valence electrons. The van der Waals surface area contributed by atoms with Crippen molar-refractivity contribution in [2.75, 3.05) is 23.3 Å². The molecule has 0 aliphatic carbocycles. The van der Waals surface area contributed by atoms with E-state index in [1.165, 1.54) is 6.42 Å². The van der Waals surface area contributed by atoms with Gasteiger partial charge in [-0.2, -0.15) is 0 Å². The van der Waals surface area contributed by atoms with Crippen LogP contribution in [0.3, 0.4) is 0 Å². The van der Waals surface area contributed by atoms with Crippen molar-refractivity contribution in [2.24, 2.45) is 0 Å². The lowest BCUT2D eigenvalue weighted by atomic mass is 10.1. The van der Waals surface area contributed by atoms with Gasteiger partial charge in [0.25, 0.3) is 0 Å². The Hall–Kier alpha value is -2.41. The van der Waals surface area contributed by atoms with Crippen LogP contribution in [0.4, 0.5) is 17.3 Å². The van der Waals surface area contributed by atoms with Crippen LogP contribution in [-0.4, -0.2) is 33.4 Å². The number of aromatic nitrogens is 4. The Balaban J connectivity index is 1.75. The van der Waals surface area contributed by atoms with E-state index in [4.69, 9.17) is 16.2 Å². The van der Waals surface area contributed by atoms with Crippen molar-refractivity contribution in [1.82, 2.24) is 20.3 Å². The molecule has 24 heavy (non-hydrogen) atoms. The minimum absolute atomic E-state index is 0.386. The Labute approximate surface area is 144 Å². The van der Waals surface area contributed by atoms with Crippen molar-refractivity contribution < 1.29 is 4.63 Å². The van der Waals surface area contributed by atoms with Crippen molar-refractivity contribution in [3.05, 3.63) is 28.8 Å². The van der Waals surface area contributed by atoms with E-state index >= 15 is 0 Å². The number of anilines is 3. The molecule has 2 aromatic heterocycles. The first-order valence-electron chi connectivity index (χ1n) is 7.99. The largest absolute Gasteiger partial charge is 0.353 e. The SMILES string of the molecule is Cc1ccc(Nc2nc3nonc3nc2N2CCCCC2)cc1Cl. The summed E-state index contributed by atoms with van der Waals surface area (Å²) in [7, 11) is 0. The average molecular weight is 345 g/mol. The summed E-state index contributed by atoms with van der Waals surface area (Å²) in [6.07, 6.45) is 3.53. The molecule has 8 heteroatoms. The van der Waals surface area contributed by atoms with Gasteiger partial charge in [0.05, 0.1) is 0 Å². The van der Waals surface area contributed by atoms with E-state index in [9.17, 15) is 0 Å². The number of piperidine rings is 1. The van der Waals surface area contributed by atoms with Crippen LogP contribution in [0.2, 0.25) is 5.02 Å². The Morgan fingerprint density at radius 2 is 1.83 bits per heavy atom. The highest BCUT2D eigenvalue weighted by atomic mass is 35.5. The molecule has 4 rings (SSSR count). The maximum absolute atomic E-state index is 6.22. The second-order valence-corrected chi connectivity index (χ2v) is 6.35. The van der Waals surface area contributed by atoms with Gasteiger partial charge in [0.2, 0.25) is 11.3 Å². The van der Waals surface area contributed by atoms with Gasteiger partial charge in [-0.3, -0.25) is 0 Å². The normalized spacial score (nSPS) is 15.0. The molecule has 0 bridgehead atoms. The maximum Gasteiger partial charge on any atom is 0.245 e. The van der Waals surface area contributed by atoms with Crippen LogP contribution in [0.1, 0.15) is 24.8 Å². The minimum atomic E-state index is 0.386. The molecule has 1 aliphatic heterocycles. The van der Waals surface area contributed by atoms with Gasteiger partial charge in [0.1, 0.15) is 0 Å². The fourth-order valence-electron chi connectivity index (χ4n) is 2.85. The molecule has 1 fully saturated rings. The number of nitrogens with zero attached hydrogens (tertiary/aromatic N) is 5. The van der Waals surface area contributed by atoms with Crippen molar-refractivity contribution in [3.63, 3.8) is 0 Å². The molecule has 1 aromatic carbocycles. The molecule has 3 heterocycles. The van der Waals surface area contributed by atoms with E-state index < -0.39 is 0 Å². The van der Waals surface area contributed by atoms with Crippen LogP contribution >= 0.6 is 11.6 Å². The highest BCUT2D eigenvalue weighted by molar-refractivity contribution is 6.31. The van der Waals surface area contributed by atoms with Crippen LogP contribution in [0.5, 0.6) is 0 Å². The van der Waals surface area contributed by atoms with E-state index in [0.29, 0.717) is 22.1 Å². The second-order valence-electron chi connectivity index (χ2n) is 5.94. The van der Waals surface area contributed by atoms with Gasteiger partial charge in [0, 0.05) is 23.8 Å². The van der Waals surface area contributed by atoms with Gasteiger partial charge in [0.15, 0.2) is 11.6 Å². The number of nitrogens with one attached hydrogen (secondary N) is 1. The Kier molecular flexibility index (Phi) is 3.93. The number of halogens is 1. The van der Waals surface area contributed by atoms with Crippen molar-refractivity contribution in [3.8, 4) is 0 Å². The zero-order valence-corrected chi connectivity index (χ0v) is 14.0. The molecule has 0 radical (unpaired) electrons. The van der Waals surface area contributed by atoms with Gasteiger partial charge in [-0.1, -0.05) is 17.7 Å². The smallest absolute Gasteiger partial charge is 0.245 e. The Bertz CT molecular complexity index is 874. The molecule has 3 aromatic rings. The number of benzene rings is 1. The number of hydrogen-bond acceptors (Lipinski definition) is 7. The van der Waals surface area contributed by atoms with Crippen molar-refractivity contribution >= 4 is 40.2 Å². The highest BCUT2D eigenvalue weighted by Gasteiger charge is 2.20. The monoisotopic (exact) mass is 344 g/mol. The molecule has 0 amide bonds. The predicted molar refractivity (Wildman–Crippen MR) is 92.9 cm³/mol. The summed E-state index contributed by atoms with van der Waals surface area (Å²) in [6, 6.07) is 5.81. The quantitative estimate of drug-likeness (QED) is 0.775. The summed E-state index contributed by atoms with van der Waals surface area (Å²) in [5, 5.41) is 11.6. The van der Waals surface area contributed by atoms with Crippen LogP contribution < -0.4 is 10.2 Å². The topological polar surface area (TPSA) is 80.0 Å². The van der Waals surface area contributed by atoms with Gasteiger partial charge in [-0.15, -0.1) is 0 Å². The van der Waals surface area contributed by atoms with Crippen LogP contribution in [0.15, 0.2) is 22.8 Å². The highest BCUT2D eigenvalue weighted by Crippen LogP contribution is 2.30. The molecule has 0 saturated carbocycles. The fourth-order valence-corrected chi connectivity index (χ4v) is 3.03. The maximum atomic E-state index is 6.22. The molecular weight excluding hydrogens is 328 g/mol. The molecule has 0 unspecified atom stereocenters. The summed E-state index contributed by atoms with van der Waals surface area (Å²) in [4.78, 5) is 11.4. The van der Waals surface area contributed by atoms with Crippen molar-refractivity contribution in [2.45, 2.75) is 26.2 Å². The molecular formula is C16H17ClN6O. The van der Waals surface area contributed by atoms with Gasteiger partial charge in [-0.05, 0) is 54.2 Å². The summed E-state index contributed by atoms with van der Waals surface area (Å²) in [5.74, 6) is 1.41. The molecule has 0 spiro atoms. The third-order valence-corrected chi connectivity index (χ3v) is 4.59. The Morgan fingerprint density at radius 3 is 2.58 bits per heavy atom. The number of aryl methyl sites for hydroxylation is 1. The second kappa shape index (κ2) is 6.24. The number of fused-ring (bicyclic) bond motifs is 1. The minimum Gasteiger partial charge on any atom is -0.353 e. The molecule has 0 atom stereocenters. The fraction of sp³-hybridized carbons (Fsp3) is 0.375. The summed E-state index contributed by atoms with van der Waals surface area (Å²) >= 11 is 6.22. The van der Waals surface area contributed by atoms with E-state index in [1.807, 2.05) is 25.1 Å². The lowest BCUT2D eigenvalue weighted by Gasteiger charge is -2.28. The van der Waals surface area contributed by atoms with Crippen LogP contribution in [0.25, 0.3) is 11.3 Å². The van der Waals surface area contributed by atoms with E-state index in [-0.39, 0.29) is 0 Å². The van der Waals surface area contributed by atoms with E-state index in [0.717, 1.165) is 43.0 Å². The molecule has 1 saturated heterocycles. The third kappa shape index (κ3) is 2.87. The number of rotatable bonds is 3. The van der Waals surface area contributed by atoms with Crippen LogP contribution in [-0.2, 0) is 0 Å². The lowest BCUT2D eigenvalue weighted by molar-refractivity contribution is 0.314. The zero-order valence-electron chi connectivity index (χ0n) is 13.3. The summed E-state index contributed by atoms with van der Waals surface area (Å²) in [5.41, 5.74) is 2.69. The lowest BCUT2D eigenvalue weighted by Crippen LogP contribution is -2.31. The molecule has 7 nitrogen and oxygen atoms in total. The summed E-state index contributed by atoms with van der Waals surface area (Å²) in [6.45, 7) is 3.88. The summed E-state index contributed by atoms with van der Waals surface area (Å²) < 4.78 is 4.75. The molecule has 1 aliphatic rings. The standard InChI is InChI=1S/C16H17ClN6O/c1-10-5-6-11(9-12(10)17)18-15-16(23-7-3-2-4-8-23)20-14-13(19-15)21-24-22-14/h5-6,9H,2-4,7-8H2,1H3,(H,18,19,21). The zero-order chi connectivity index (χ0) is 16.5. The first-order chi connectivity index (χ1) is 11.7. The average Bonchev–Trinajstić information content (AvgIpc) is 3.05. The van der Waals surface area contributed by atoms with Gasteiger partial charge in [-0.25, -0.2) is 14.6 Å². The van der Waals surface area contributed by atoms with E-state index in [1.54, 1.807) is 0 Å². The van der Waals surface area contributed by atoms with Crippen LogP contribution in [0, 0.1) is 6.92 Å². The Morgan fingerprint density at radius 1 is 1.08 bits per heavy atom.